The van der Waals surface area contributed by atoms with Crippen LogP contribution < -0.4 is 5.32 Å². The lowest BCUT2D eigenvalue weighted by Gasteiger charge is -2.20. The number of anilines is 1. The largest absolute Gasteiger partial charge is 0.356 e. The second-order valence-electron chi connectivity index (χ2n) is 5.53. The zero-order valence-electron chi connectivity index (χ0n) is 13.4. The number of nitrogens with one attached hydrogen (secondary N) is 1. The van der Waals surface area contributed by atoms with Crippen molar-refractivity contribution in [1.29, 1.82) is 0 Å². The highest BCUT2D eigenvalue weighted by Gasteiger charge is 2.19. The smallest absolute Gasteiger partial charge is 0.289 e. The third-order valence-corrected chi connectivity index (χ3v) is 3.97. The van der Waals surface area contributed by atoms with Crippen LogP contribution in [0.2, 0.25) is 5.02 Å². The molecule has 0 fully saturated rings. The van der Waals surface area contributed by atoms with Crippen LogP contribution in [0.1, 0.15) is 22.9 Å². The van der Waals surface area contributed by atoms with Crippen LogP contribution in [0.5, 0.6) is 0 Å². The molecular weight excluding hydrogens is 340 g/mol. The Bertz CT molecular complexity index is 903. The zero-order valence-corrected chi connectivity index (χ0v) is 14.1. The molecule has 0 saturated heterocycles. The maximum atomic E-state index is 10.8. The third kappa shape index (κ3) is 3.92. The summed E-state index contributed by atoms with van der Waals surface area (Å²) in [5, 5.41) is 14.3. The Balaban J connectivity index is 2.00. The molecule has 0 aliphatic heterocycles. The van der Waals surface area contributed by atoms with Crippen molar-refractivity contribution in [2.45, 2.75) is 13.0 Å². The van der Waals surface area contributed by atoms with Gasteiger partial charge in [0.1, 0.15) is 12.0 Å². The molecule has 126 valence electrons. The van der Waals surface area contributed by atoms with Crippen LogP contribution in [0.3, 0.4) is 0 Å². The fourth-order valence-corrected chi connectivity index (χ4v) is 2.71. The van der Waals surface area contributed by atoms with Crippen LogP contribution >= 0.6 is 11.6 Å². The topological polar surface area (TPSA) is 81.0 Å². The van der Waals surface area contributed by atoms with Gasteiger partial charge < -0.3 is 5.32 Å². The number of aryl methyl sites for hydroxylation is 1. The molecule has 7 heteroatoms. The van der Waals surface area contributed by atoms with Gasteiger partial charge in [-0.25, -0.2) is 4.98 Å². The van der Waals surface area contributed by atoms with E-state index in [1.807, 2.05) is 49.4 Å². The van der Waals surface area contributed by atoms with Gasteiger partial charge in [0, 0.05) is 12.3 Å². The van der Waals surface area contributed by atoms with Crippen molar-refractivity contribution >= 4 is 23.1 Å². The highest BCUT2D eigenvalue weighted by Crippen LogP contribution is 2.30. The third-order valence-electron chi connectivity index (χ3n) is 3.68. The Kier molecular flexibility index (Phi) is 4.90. The Labute approximate surface area is 149 Å². The van der Waals surface area contributed by atoms with Crippen molar-refractivity contribution in [1.82, 2.24) is 9.97 Å². The van der Waals surface area contributed by atoms with Gasteiger partial charge in [-0.1, -0.05) is 47.5 Å². The maximum Gasteiger partial charge on any atom is 0.289 e. The number of hydrogen-bond donors (Lipinski definition) is 1. The molecule has 0 aliphatic carbocycles. The summed E-state index contributed by atoms with van der Waals surface area (Å²) in [4.78, 5) is 18.8. The molecule has 3 rings (SSSR count). The summed E-state index contributed by atoms with van der Waals surface area (Å²) in [5.41, 5.74) is 2.75. The summed E-state index contributed by atoms with van der Waals surface area (Å²) in [6, 6.07) is 14.6. The number of benzene rings is 1. The number of halogens is 1. The van der Waals surface area contributed by atoms with Crippen molar-refractivity contribution in [2.24, 2.45) is 0 Å². The van der Waals surface area contributed by atoms with Crippen molar-refractivity contribution < 1.29 is 4.92 Å². The van der Waals surface area contributed by atoms with Gasteiger partial charge in [0.15, 0.2) is 0 Å². The SMILES string of the molecule is Cc1cccc(C(Nc2ncc([N+](=O)[O-])cc2Cl)c2ccccn2)c1. The molecule has 3 aromatic rings. The van der Waals surface area contributed by atoms with Crippen LogP contribution in [-0.2, 0) is 0 Å². The van der Waals surface area contributed by atoms with Gasteiger partial charge in [-0.3, -0.25) is 15.1 Å². The summed E-state index contributed by atoms with van der Waals surface area (Å²) in [6.45, 7) is 2.01. The van der Waals surface area contributed by atoms with E-state index in [0.717, 1.165) is 16.8 Å². The summed E-state index contributed by atoms with van der Waals surface area (Å²) in [5.74, 6) is 0.365. The minimum Gasteiger partial charge on any atom is -0.356 e. The van der Waals surface area contributed by atoms with Crippen molar-refractivity contribution in [3.05, 3.63) is 92.9 Å². The molecule has 0 spiro atoms. The van der Waals surface area contributed by atoms with E-state index in [1.54, 1.807) is 6.20 Å². The van der Waals surface area contributed by atoms with E-state index in [0.29, 0.717) is 5.82 Å². The second-order valence-corrected chi connectivity index (χ2v) is 5.93. The normalized spacial score (nSPS) is 11.8. The van der Waals surface area contributed by atoms with E-state index in [9.17, 15) is 10.1 Å². The first-order chi connectivity index (χ1) is 12.0. The number of hydrogen-bond acceptors (Lipinski definition) is 5. The first kappa shape index (κ1) is 16.9. The number of rotatable bonds is 5. The number of pyridine rings is 2. The lowest BCUT2D eigenvalue weighted by Crippen LogP contribution is -2.15. The van der Waals surface area contributed by atoms with Crippen LogP contribution in [0, 0.1) is 17.0 Å². The Morgan fingerprint density at radius 2 is 2.00 bits per heavy atom. The highest BCUT2D eigenvalue weighted by atomic mass is 35.5. The van der Waals surface area contributed by atoms with Crippen LogP contribution in [-0.4, -0.2) is 14.9 Å². The predicted molar refractivity (Wildman–Crippen MR) is 96.8 cm³/mol. The van der Waals surface area contributed by atoms with Gasteiger partial charge in [-0.15, -0.1) is 0 Å². The highest BCUT2D eigenvalue weighted by molar-refractivity contribution is 6.33. The molecule has 2 heterocycles. The molecule has 25 heavy (non-hydrogen) atoms. The molecule has 0 bridgehead atoms. The molecule has 0 radical (unpaired) electrons. The first-order valence-corrected chi connectivity index (χ1v) is 7.96. The maximum absolute atomic E-state index is 10.8. The van der Waals surface area contributed by atoms with Gasteiger partial charge in [0.05, 0.1) is 21.7 Å². The predicted octanol–water partition coefficient (Wildman–Crippen LogP) is 4.55. The van der Waals surface area contributed by atoms with Gasteiger partial charge >= 0.3 is 0 Å². The molecule has 1 aromatic carbocycles. The molecule has 0 saturated carbocycles. The average Bonchev–Trinajstić information content (AvgIpc) is 2.61. The van der Waals surface area contributed by atoms with Gasteiger partial charge in [0.25, 0.3) is 5.69 Å². The molecule has 0 amide bonds. The van der Waals surface area contributed by atoms with E-state index < -0.39 is 4.92 Å². The standard InChI is InChI=1S/C18H15ClN4O2/c1-12-5-4-6-13(9-12)17(16-7-2-3-8-20-16)22-18-15(19)10-14(11-21-18)23(24)25/h2-11,17H,1H3,(H,21,22). The van der Waals surface area contributed by atoms with Crippen molar-refractivity contribution in [3.63, 3.8) is 0 Å². The van der Waals surface area contributed by atoms with Gasteiger partial charge in [0.2, 0.25) is 0 Å². The van der Waals surface area contributed by atoms with Crippen molar-refractivity contribution in [2.75, 3.05) is 5.32 Å². The number of aromatic nitrogens is 2. The van der Waals surface area contributed by atoms with Crippen LogP contribution in [0.4, 0.5) is 11.5 Å². The fourth-order valence-electron chi connectivity index (χ4n) is 2.50. The number of nitrogens with zero attached hydrogens (tertiary/aromatic N) is 3. The summed E-state index contributed by atoms with van der Waals surface area (Å²) < 4.78 is 0. The Morgan fingerprint density at radius 1 is 1.16 bits per heavy atom. The lowest BCUT2D eigenvalue weighted by molar-refractivity contribution is -0.385. The molecular formula is C18H15ClN4O2. The zero-order chi connectivity index (χ0) is 17.8. The Morgan fingerprint density at radius 3 is 2.64 bits per heavy atom. The molecule has 1 N–H and O–H groups in total. The average molecular weight is 355 g/mol. The van der Waals surface area contributed by atoms with Crippen LogP contribution in [0.15, 0.2) is 60.9 Å². The van der Waals surface area contributed by atoms with E-state index in [4.69, 9.17) is 11.6 Å². The summed E-state index contributed by atoms with van der Waals surface area (Å²) in [7, 11) is 0. The van der Waals surface area contributed by atoms with Gasteiger partial charge in [-0.05, 0) is 24.6 Å². The molecule has 0 aliphatic rings. The second kappa shape index (κ2) is 7.27. The summed E-state index contributed by atoms with van der Waals surface area (Å²) in [6.07, 6.45) is 2.89. The quantitative estimate of drug-likeness (QED) is 0.537. The van der Waals surface area contributed by atoms with E-state index in [1.165, 1.54) is 12.3 Å². The Hall–Kier alpha value is -2.99. The summed E-state index contributed by atoms with van der Waals surface area (Å²) >= 11 is 6.17. The van der Waals surface area contributed by atoms with Crippen molar-refractivity contribution in [3.8, 4) is 0 Å². The monoisotopic (exact) mass is 354 g/mol. The first-order valence-electron chi connectivity index (χ1n) is 7.58. The van der Waals surface area contributed by atoms with E-state index in [-0.39, 0.29) is 16.8 Å². The minimum absolute atomic E-state index is 0.152. The molecule has 1 atom stereocenters. The van der Waals surface area contributed by atoms with Gasteiger partial charge in [-0.2, -0.15) is 0 Å². The van der Waals surface area contributed by atoms with Crippen LogP contribution in [0.25, 0.3) is 0 Å². The fraction of sp³-hybridized carbons (Fsp3) is 0.111. The molecule has 2 aromatic heterocycles. The minimum atomic E-state index is -0.528. The molecule has 1 unspecified atom stereocenters. The van der Waals surface area contributed by atoms with E-state index >= 15 is 0 Å². The van der Waals surface area contributed by atoms with E-state index in [2.05, 4.69) is 15.3 Å². The number of nitro groups is 1. The lowest BCUT2D eigenvalue weighted by atomic mass is 10.0. The molecule has 6 nitrogen and oxygen atoms in total.